The third-order valence-electron chi connectivity index (χ3n) is 2.69. The third kappa shape index (κ3) is 1.88. The van der Waals surface area contributed by atoms with Crippen molar-refractivity contribution < 1.29 is 13.9 Å². The van der Waals surface area contributed by atoms with Crippen molar-refractivity contribution in [1.29, 1.82) is 0 Å². The van der Waals surface area contributed by atoms with Crippen molar-refractivity contribution in [2.45, 2.75) is 13.8 Å². The number of rotatable bonds is 2. The minimum atomic E-state index is -0.749. The van der Waals surface area contributed by atoms with E-state index in [1.54, 1.807) is 19.9 Å². The molecule has 2 rings (SSSR count). The summed E-state index contributed by atoms with van der Waals surface area (Å²) < 4.78 is 18.4. The summed E-state index contributed by atoms with van der Waals surface area (Å²) in [6.45, 7) is 3.55. The molecule has 1 aromatic heterocycles. The zero-order valence-corrected chi connectivity index (χ0v) is 10.0. The molecule has 0 radical (unpaired) electrons. The van der Waals surface area contributed by atoms with Gasteiger partial charge in [0.25, 0.3) is 0 Å². The Labute approximate surface area is 102 Å². The molecule has 5 heteroatoms. The number of halogens is 1. The topological polar surface area (TPSA) is 59.2 Å². The van der Waals surface area contributed by atoms with E-state index in [9.17, 15) is 14.0 Å². The van der Waals surface area contributed by atoms with Gasteiger partial charge in [-0.05, 0) is 25.5 Å². The first-order valence-electron chi connectivity index (χ1n) is 5.54. The first-order chi connectivity index (χ1) is 8.56. The SMILES string of the molecule is CCOC(=O)c1c[nH]c2c(C)ccc(F)c2c1=O. The maximum atomic E-state index is 13.7. The number of carbonyl (C=O) groups is 1. The van der Waals surface area contributed by atoms with Crippen LogP contribution in [0.1, 0.15) is 22.8 Å². The number of pyridine rings is 1. The van der Waals surface area contributed by atoms with Gasteiger partial charge in [-0.3, -0.25) is 4.79 Å². The standard InChI is InChI=1S/C13H12FNO3/c1-3-18-13(17)8-6-15-11-7(2)4-5-9(14)10(11)12(8)16/h4-6H,3H2,1-2H3,(H,15,16). The highest BCUT2D eigenvalue weighted by Gasteiger charge is 2.16. The Bertz CT molecular complexity index is 676. The van der Waals surface area contributed by atoms with E-state index in [4.69, 9.17) is 4.74 Å². The number of fused-ring (bicyclic) bond motifs is 1. The number of hydrogen-bond acceptors (Lipinski definition) is 3. The van der Waals surface area contributed by atoms with Gasteiger partial charge < -0.3 is 9.72 Å². The van der Waals surface area contributed by atoms with Crippen LogP contribution < -0.4 is 5.43 Å². The summed E-state index contributed by atoms with van der Waals surface area (Å²) in [5.74, 6) is -1.40. The number of benzene rings is 1. The van der Waals surface area contributed by atoms with Crippen molar-refractivity contribution in [3.63, 3.8) is 0 Å². The summed E-state index contributed by atoms with van der Waals surface area (Å²) in [5, 5.41) is -0.111. The fourth-order valence-electron chi connectivity index (χ4n) is 1.79. The molecule has 0 aliphatic heterocycles. The van der Waals surface area contributed by atoms with Crippen molar-refractivity contribution in [2.24, 2.45) is 0 Å². The van der Waals surface area contributed by atoms with Crippen molar-refractivity contribution in [3.05, 3.63) is 45.5 Å². The normalized spacial score (nSPS) is 10.6. The molecule has 0 bridgehead atoms. The Morgan fingerprint density at radius 1 is 1.44 bits per heavy atom. The molecule has 2 aromatic rings. The first-order valence-corrected chi connectivity index (χ1v) is 5.54. The maximum absolute atomic E-state index is 13.7. The van der Waals surface area contributed by atoms with Crippen LogP contribution in [0.5, 0.6) is 0 Å². The van der Waals surface area contributed by atoms with E-state index >= 15 is 0 Å². The van der Waals surface area contributed by atoms with Gasteiger partial charge in [0, 0.05) is 6.20 Å². The van der Waals surface area contributed by atoms with Crippen LogP contribution in [-0.4, -0.2) is 17.6 Å². The molecular weight excluding hydrogens is 237 g/mol. The van der Waals surface area contributed by atoms with Crippen molar-refractivity contribution in [3.8, 4) is 0 Å². The molecule has 0 aliphatic rings. The zero-order valence-electron chi connectivity index (χ0n) is 10.0. The van der Waals surface area contributed by atoms with Crippen LogP contribution in [0.15, 0.2) is 23.1 Å². The Kier molecular flexibility index (Phi) is 3.14. The van der Waals surface area contributed by atoms with Crippen LogP contribution in [0.2, 0.25) is 0 Å². The third-order valence-corrected chi connectivity index (χ3v) is 2.69. The molecule has 0 aliphatic carbocycles. The summed E-state index contributed by atoms with van der Waals surface area (Å²) in [4.78, 5) is 26.4. The van der Waals surface area contributed by atoms with E-state index in [1.165, 1.54) is 12.3 Å². The van der Waals surface area contributed by atoms with Gasteiger partial charge in [0.15, 0.2) is 0 Å². The maximum Gasteiger partial charge on any atom is 0.343 e. The van der Waals surface area contributed by atoms with Crippen LogP contribution in [0.4, 0.5) is 4.39 Å². The van der Waals surface area contributed by atoms with Crippen LogP contribution in [0, 0.1) is 12.7 Å². The molecule has 18 heavy (non-hydrogen) atoms. The number of esters is 1. The molecule has 0 spiro atoms. The van der Waals surface area contributed by atoms with Crippen molar-refractivity contribution >= 4 is 16.9 Å². The van der Waals surface area contributed by atoms with Crippen molar-refractivity contribution in [2.75, 3.05) is 6.61 Å². The largest absolute Gasteiger partial charge is 0.462 e. The lowest BCUT2D eigenvalue weighted by atomic mass is 10.1. The van der Waals surface area contributed by atoms with Gasteiger partial charge in [0.2, 0.25) is 5.43 Å². The van der Waals surface area contributed by atoms with E-state index < -0.39 is 17.2 Å². The summed E-state index contributed by atoms with van der Waals surface area (Å²) in [6, 6.07) is 2.78. The minimum Gasteiger partial charge on any atom is -0.462 e. The number of nitrogens with one attached hydrogen (secondary N) is 1. The van der Waals surface area contributed by atoms with Gasteiger partial charge in [-0.25, -0.2) is 9.18 Å². The molecule has 94 valence electrons. The number of aromatic nitrogens is 1. The highest BCUT2D eigenvalue weighted by atomic mass is 19.1. The number of hydrogen-bond donors (Lipinski definition) is 1. The molecule has 0 atom stereocenters. The average molecular weight is 249 g/mol. The van der Waals surface area contributed by atoms with Crippen LogP contribution in [0.3, 0.4) is 0 Å². The van der Waals surface area contributed by atoms with Gasteiger partial charge in [0.05, 0.1) is 17.5 Å². The van der Waals surface area contributed by atoms with Crippen molar-refractivity contribution in [1.82, 2.24) is 4.98 Å². The first kappa shape index (κ1) is 12.3. The number of ether oxygens (including phenoxy) is 1. The molecular formula is C13H12FNO3. The lowest BCUT2D eigenvalue weighted by Gasteiger charge is -2.06. The second kappa shape index (κ2) is 4.60. The van der Waals surface area contributed by atoms with Crippen LogP contribution in [-0.2, 0) is 4.74 Å². The summed E-state index contributed by atoms with van der Waals surface area (Å²) in [7, 11) is 0. The van der Waals surface area contributed by atoms with Gasteiger partial charge in [-0.2, -0.15) is 0 Å². The molecule has 1 N–H and O–H groups in total. The molecule has 1 aromatic carbocycles. The quantitative estimate of drug-likeness (QED) is 0.829. The summed E-state index contributed by atoms with van der Waals surface area (Å²) >= 11 is 0. The van der Waals surface area contributed by atoms with Gasteiger partial charge in [-0.1, -0.05) is 6.07 Å². The van der Waals surface area contributed by atoms with E-state index in [2.05, 4.69) is 4.98 Å². The van der Waals surface area contributed by atoms with Gasteiger partial charge in [-0.15, -0.1) is 0 Å². The highest BCUT2D eigenvalue weighted by molar-refractivity contribution is 5.94. The average Bonchev–Trinajstić information content (AvgIpc) is 2.34. The Hall–Kier alpha value is -2.17. The molecule has 1 heterocycles. The smallest absolute Gasteiger partial charge is 0.343 e. The number of carbonyl (C=O) groups excluding carboxylic acids is 1. The number of aryl methyl sites for hydroxylation is 1. The van der Waals surface area contributed by atoms with Gasteiger partial charge in [0.1, 0.15) is 11.4 Å². The summed E-state index contributed by atoms with van der Waals surface area (Å²) in [5.41, 5.74) is 0.296. The molecule has 0 unspecified atom stereocenters. The fourth-order valence-corrected chi connectivity index (χ4v) is 1.79. The van der Waals surface area contributed by atoms with Gasteiger partial charge >= 0.3 is 5.97 Å². The van der Waals surface area contributed by atoms with E-state index in [-0.39, 0.29) is 17.6 Å². The van der Waals surface area contributed by atoms with E-state index in [0.717, 1.165) is 5.56 Å². The second-order valence-electron chi connectivity index (χ2n) is 3.87. The lowest BCUT2D eigenvalue weighted by molar-refractivity contribution is 0.0524. The second-order valence-corrected chi connectivity index (χ2v) is 3.87. The Balaban J connectivity index is 2.76. The summed E-state index contributed by atoms with van der Waals surface area (Å²) in [6.07, 6.45) is 1.26. The monoisotopic (exact) mass is 249 g/mol. The molecule has 4 nitrogen and oxygen atoms in total. The van der Waals surface area contributed by atoms with Crippen LogP contribution in [0.25, 0.3) is 10.9 Å². The Morgan fingerprint density at radius 2 is 2.17 bits per heavy atom. The number of aromatic amines is 1. The Morgan fingerprint density at radius 3 is 2.83 bits per heavy atom. The predicted molar refractivity (Wildman–Crippen MR) is 65.2 cm³/mol. The van der Waals surface area contributed by atoms with E-state index in [1.807, 2.05) is 0 Å². The molecule has 0 saturated heterocycles. The minimum absolute atomic E-state index is 0.111. The molecule has 0 amide bonds. The van der Waals surface area contributed by atoms with Crippen LogP contribution >= 0.6 is 0 Å². The fraction of sp³-hybridized carbons (Fsp3) is 0.231. The number of H-pyrrole nitrogens is 1. The molecule has 0 saturated carbocycles. The van der Waals surface area contributed by atoms with E-state index in [0.29, 0.717) is 5.52 Å². The lowest BCUT2D eigenvalue weighted by Crippen LogP contribution is -2.19. The predicted octanol–water partition coefficient (Wildman–Crippen LogP) is 2.15. The zero-order chi connectivity index (χ0) is 13.3. The molecule has 0 fully saturated rings. The highest BCUT2D eigenvalue weighted by Crippen LogP contribution is 2.16.